The van der Waals surface area contributed by atoms with Crippen molar-refractivity contribution in [3.8, 4) is 17.3 Å². The summed E-state index contributed by atoms with van der Waals surface area (Å²) in [5.41, 5.74) is 2.16. The fourth-order valence-corrected chi connectivity index (χ4v) is 7.99. The van der Waals surface area contributed by atoms with Crippen LogP contribution in [0.15, 0.2) is 18.7 Å². The highest BCUT2D eigenvalue weighted by Crippen LogP contribution is 2.46. The number of halogens is 6. The van der Waals surface area contributed by atoms with Gasteiger partial charge in [0.05, 0.1) is 27.4 Å². The molecule has 0 saturated carbocycles. The number of nitrogens with zero attached hydrogens (tertiary/aromatic N) is 5. The highest BCUT2D eigenvalue weighted by atomic mass is 35.5. The standard InChI is InChI=1S/C31H33ClF5N7O/c1-2-17-9-22(38)40-27(24(17)31(35,36)37)23-21(32)10-20-26(25(23)34)41-29(45-15-30-5-3-6-44(30)13-18(33)11-30)42-28(20)43-7-4-16-8-19(14-43)39-12-16/h2,9-10,16,18-19,39H,1,3-8,11-15H2,(H2,38,40)/t16?,18-,19?,30+/m1/s1. The number of hydrogen-bond donors (Lipinski definition) is 2. The van der Waals surface area contributed by atoms with E-state index in [9.17, 15) is 17.6 Å². The molecule has 2 unspecified atom stereocenters. The van der Waals surface area contributed by atoms with Gasteiger partial charge >= 0.3 is 12.2 Å². The molecule has 4 fully saturated rings. The van der Waals surface area contributed by atoms with Crippen molar-refractivity contribution >= 4 is 40.2 Å². The maximum atomic E-state index is 16.7. The number of rotatable bonds is 6. The smallest absolute Gasteiger partial charge is 0.419 e. The minimum absolute atomic E-state index is 0.102. The van der Waals surface area contributed by atoms with Crippen LogP contribution in [0.25, 0.3) is 28.2 Å². The number of benzene rings is 1. The maximum Gasteiger partial charge on any atom is 0.419 e. The number of nitrogens with one attached hydrogen (secondary N) is 1. The molecule has 45 heavy (non-hydrogen) atoms. The molecule has 4 aliphatic rings. The Morgan fingerprint density at radius 1 is 1.20 bits per heavy atom. The summed E-state index contributed by atoms with van der Waals surface area (Å²) in [5.74, 6) is -0.500. The number of pyridine rings is 1. The van der Waals surface area contributed by atoms with Gasteiger partial charge in [0, 0.05) is 37.5 Å². The summed E-state index contributed by atoms with van der Waals surface area (Å²) in [6.45, 7) is 6.80. The van der Waals surface area contributed by atoms with Crippen LogP contribution in [0.1, 0.15) is 43.2 Å². The number of nitrogen functional groups attached to an aromatic ring is 1. The molecule has 0 radical (unpaired) electrons. The maximum absolute atomic E-state index is 16.7. The van der Waals surface area contributed by atoms with Crippen molar-refractivity contribution in [3.63, 3.8) is 0 Å². The molecule has 6 heterocycles. The molecule has 8 nitrogen and oxygen atoms in total. The van der Waals surface area contributed by atoms with Crippen LogP contribution in [-0.4, -0.2) is 76.9 Å². The number of alkyl halides is 4. The number of aromatic nitrogens is 3. The lowest BCUT2D eigenvalue weighted by atomic mass is 9.95. The second kappa shape index (κ2) is 11.2. The van der Waals surface area contributed by atoms with Gasteiger partial charge in [-0.25, -0.2) is 13.8 Å². The number of fused-ring (bicyclic) bond motifs is 4. The normalized spacial score (nSPS) is 26.8. The first kappa shape index (κ1) is 30.4. The van der Waals surface area contributed by atoms with Crippen LogP contribution in [0.2, 0.25) is 5.02 Å². The van der Waals surface area contributed by atoms with Gasteiger partial charge in [-0.15, -0.1) is 0 Å². The van der Waals surface area contributed by atoms with Crippen LogP contribution < -0.4 is 20.7 Å². The van der Waals surface area contributed by atoms with Crippen molar-refractivity contribution in [2.75, 3.05) is 50.0 Å². The molecular formula is C31H33ClF5N7O. The fraction of sp³-hybridized carbons (Fsp3) is 0.516. The van der Waals surface area contributed by atoms with Crippen molar-refractivity contribution in [2.45, 2.75) is 56.0 Å². The van der Waals surface area contributed by atoms with Gasteiger partial charge in [-0.2, -0.15) is 23.1 Å². The van der Waals surface area contributed by atoms with Gasteiger partial charge in [0.15, 0.2) is 5.82 Å². The summed E-state index contributed by atoms with van der Waals surface area (Å²) in [6.07, 6.45) is -1.07. The Hall–Kier alpha value is -3.29. The third-order valence-corrected chi connectivity index (χ3v) is 10.0. The molecule has 2 bridgehead atoms. The van der Waals surface area contributed by atoms with E-state index in [-0.39, 0.29) is 46.0 Å². The minimum atomic E-state index is -4.92. The van der Waals surface area contributed by atoms with Crippen molar-refractivity contribution in [1.82, 2.24) is 25.2 Å². The first-order valence-corrected chi connectivity index (χ1v) is 15.5. The summed E-state index contributed by atoms with van der Waals surface area (Å²) < 4.78 is 80.4. The molecule has 4 aliphatic heterocycles. The van der Waals surface area contributed by atoms with Crippen molar-refractivity contribution in [1.29, 1.82) is 0 Å². The van der Waals surface area contributed by atoms with Gasteiger partial charge in [0.1, 0.15) is 29.9 Å². The van der Waals surface area contributed by atoms with E-state index in [4.69, 9.17) is 27.1 Å². The second-order valence-corrected chi connectivity index (χ2v) is 13.0. The van der Waals surface area contributed by atoms with Crippen LogP contribution in [0.4, 0.5) is 33.6 Å². The Balaban J connectivity index is 1.38. The SMILES string of the molecule is C=Cc1cc(N)nc(-c2c(Cl)cc3c(N4CCC5CNC(C5)C4)nc(OC[C@@]45CCCN4C[C@H](F)C5)nc3c2F)c1C(F)(F)F. The van der Waals surface area contributed by atoms with Crippen molar-refractivity contribution in [3.05, 3.63) is 40.7 Å². The Kier molecular flexibility index (Phi) is 7.56. The van der Waals surface area contributed by atoms with E-state index in [0.717, 1.165) is 50.9 Å². The van der Waals surface area contributed by atoms with Gasteiger partial charge in [-0.1, -0.05) is 24.3 Å². The Bertz CT molecular complexity index is 1670. The summed E-state index contributed by atoms with van der Waals surface area (Å²) >= 11 is 6.61. The molecule has 3 aromatic rings. The summed E-state index contributed by atoms with van der Waals surface area (Å²) in [6, 6.07) is 2.46. The molecule has 3 N–H and O–H groups in total. The largest absolute Gasteiger partial charge is 0.461 e. The topological polar surface area (TPSA) is 92.4 Å². The fourth-order valence-electron chi connectivity index (χ4n) is 7.70. The molecule has 240 valence electrons. The minimum Gasteiger partial charge on any atom is -0.461 e. The molecule has 14 heteroatoms. The summed E-state index contributed by atoms with van der Waals surface area (Å²) in [5, 5.41) is 3.44. The Labute approximate surface area is 261 Å². The van der Waals surface area contributed by atoms with Crippen LogP contribution in [0, 0.1) is 11.7 Å². The molecular weight excluding hydrogens is 617 g/mol. The molecule has 4 atom stereocenters. The lowest BCUT2D eigenvalue weighted by Crippen LogP contribution is -2.43. The lowest BCUT2D eigenvalue weighted by molar-refractivity contribution is -0.137. The van der Waals surface area contributed by atoms with Gasteiger partial charge < -0.3 is 20.7 Å². The van der Waals surface area contributed by atoms with E-state index in [1.54, 1.807) is 0 Å². The zero-order valence-corrected chi connectivity index (χ0v) is 25.2. The number of anilines is 2. The first-order chi connectivity index (χ1) is 21.5. The van der Waals surface area contributed by atoms with Crippen LogP contribution >= 0.6 is 11.6 Å². The number of nitrogens with two attached hydrogens (primary N) is 1. The molecule has 0 aliphatic carbocycles. The molecule has 0 amide bonds. The van der Waals surface area contributed by atoms with E-state index in [1.807, 2.05) is 4.90 Å². The number of hydrogen-bond acceptors (Lipinski definition) is 8. The van der Waals surface area contributed by atoms with Crippen LogP contribution in [0.5, 0.6) is 6.01 Å². The lowest BCUT2D eigenvalue weighted by Gasteiger charge is -2.31. The zero-order chi connectivity index (χ0) is 31.7. The Morgan fingerprint density at radius 2 is 2.02 bits per heavy atom. The van der Waals surface area contributed by atoms with Crippen molar-refractivity contribution in [2.24, 2.45) is 5.92 Å². The zero-order valence-electron chi connectivity index (χ0n) is 24.4. The van der Waals surface area contributed by atoms with E-state index in [0.29, 0.717) is 37.8 Å². The molecule has 2 aromatic heterocycles. The predicted octanol–water partition coefficient (Wildman–Crippen LogP) is 5.87. The molecule has 1 aromatic carbocycles. The highest BCUT2D eigenvalue weighted by molar-refractivity contribution is 6.34. The van der Waals surface area contributed by atoms with Gasteiger partial charge in [0.2, 0.25) is 0 Å². The van der Waals surface area contributed by atoms with E-state index in [1.165, 1.54) is 6.07 Å². The van der Waals surface area contributed by atoms with Gasteiger partial charge in [-0.3, -0.25) is 4.90 Å². The first-order valence-electron chi connectivity index (χ1n) is 15.2. The number of ether oxygens (including phenoxy) is 1. The summed E-state index contributed by atoms with van der Waals surface area (Å²) in [4.78, 5) is 17.1. The predicted molar refractivity (Wildman–Crippen MR) is 163 cm³/mol. The average Bonchev–Trinajstić information content (AvgIpc) is 3.61. The van der Waals surface area contributed by atoms with Crippen LogP contribution in [-0.2, 0) is 6.18 Å². The summed E-state index contributed by atoms with van der Waals surface area (Å²) in [7, 11) is 0. The Morgan fingerprint density at radius 3 is 2.80 bits per heavy atom. The second-order valence-electron chi connectivity index (χ2n) is 12.6. The van der Waals surface area contributed by atoms with E-state index >= 15 is 4.39 Å². The third kappa shape index (κ3) is 5.36. The molecule has 7 rings (SSSR count). The van der Waals surface area contributed by atoms with Gasteiger partial charge in [0.25, 0.3) is 0 Å². The monoisotopic (exact) mass is 649 g/mol. The van der Waals surface area contributed by atoms with E-state index < -0.39 is 40.5 Å². The van der Waals surface area contributed by atoms with E-state index in [2.05, 4.69) is 26.8 Å². The molecule has 4 saturated heterocycles. The quantitative estimate of drug-likeness (QED) is 0.321. The highest BCUT2D eigenvalue weighted by Gasteiger charge is 2.49. The van der Waals surface area contributed by atoms with Gasteiger partial charge in [-0.05, 0) is 62.4 Å². The average molecular weight is 650 g/mol. The van der Waals surface area contributed by atoms with Crippen molar-refractivity contribution < 1.29 is 26.7 Å². The van der Waals surface area contributed by atoms with Crippen LogP contribution in [0.3, 0.4) is 0 Å². The third-order valence-electron chi connectivity index (χ3n) is 9.74. The molecule has 0 spiro atoms.